The number of amides is 1. The van der Waals surface area contributed by atoms with E-state index in [1.165, 1.54) is 0 Å². The Balaban J connectivity index is 1.99. The predicted molar refractivity (Wildman–Crippen MR) is 77.4 cm³/mol. The molecule has 6 heteroatoms. The van der Waals surface area contributed by atoms with Crippen molar-refractivity contribution >= 4 is 35.5 Å². The fourth-order valence-corrected chi connectivity index (χ4v) is 2.38. The number of carbonyl (C=O) groups is 1. The number of nitrogens with one attached hydrogen (secondary N) is 1. The minimum absolute atomic E-state index is 0.0497. The van der Waals surface area contributed by atoms with Crippen LogP contribution in [-0.2, 0) is 11.8 Å². The Hall–Kier alpha value is -1.95. The van der Waals surface area contributed by atoms with Crippen LogP contribution in [-0.4, -0.2) is 33.1 Å². The number of nitrogens with zero attached hydrogens (tertiary/aromatic N) is 3. The van der Waals surface area contributed by atoms with Gasteiger partial charge in [-0.3, -0.25) is 9.48 Å². The highest BCUT2D eigenvalue weighted by Crippen LogP contribution is 2.20. The largest absolute Gasteiger partial charge is 0.352 e. The Bertz CT molecular complexity index is 691. The highest BCUT2D eigenvalue weighted by atomic mass is 32.1. The normalized spacial score (nSPS) is 21.4. The zero-order chi connectivity index (χ0) is 13.6. The van der Waals surface area contributed by atoms with Gasteiger partial charge in [-0.05, 0) is 23.8 Å². The number of carbonyl (C=O) groups excluding carboxylic acids is 1. The second kappa shape index (κ2) is 4.31. The van der Waals surface area contributed by atoms with Gasteiger partial charge in [-0.15, -0.1) is 12.6 Å². The second-order valence-corrected chi connectivity index (χ2v) is 5.07. The molecule has 1 fully saturated rings. The maximum atomic E-state index is 11.9. The number of aryl methyl sites for hydroxylation is 1. The molecule has 1 saturated heterocycles. The van der Waals surface area contributed by atoms with Crippen LogP contribution in [0.5, 0.6) is 0 Å². The molecule has 0 saturated carbocycles. The summed E-state index contributed by atoms with van der Waals surface area (Å²) in [5, 5.41) is 8.29. The van der Waals surface area contributed by atoms with Gasteiger partial charge in [-0.25, -0.2) is 0 Å². The molecular formula is C13H14N4OS. The van der Waals surface area contributed by atoms with E-state index in [0.717, 1.165) is 16.5 Å². The summed E-state index contributed by atoms with van der Waals surface area (Å²) in [7, 11) is 3.63. The highest BCUT2D eigenvalue weighted by Gasteiger charge is 2.28. The third-order valence-corrected chi connectivity index (χ3v) is 3.76. The van der Waals surface area contributed by atoms with E-state index in [1.54, 1.807) is 11.9 Å². The summed E-state index contributed by atoms with van der Waals surface area (Å²) in [6.45, 7) is 0. The SMILES string of the molecule is CN1C(=O)/C(=C/c2ccc3c(cnn3C)c2)NC1S. The number of rotatable bonds is 1. The van der Waals surface area contributed by atoms with Gasteiger partial charge in [-0.1, -0.05) is 6.07 Å². The van der Waals surface area contributed by atoms with Crippen LogP contribution in [0.4, 0.5) is 0 Å². The molecule has 0 radical (unpaired) electrons. The number of fused-ring (bicyclic) bond motifs is 1. The average molecular weight is 274 g/mol. The van der Waals surface area contributed by atoms with E-state index in [-0.39, 0.29) is 11.4 Å². The number of hydrogen-bond acceptors (Lipinski definition) is 4. The van der Waals surface area contributed by atoms with Crippen LogP contribution in [0.3, 0.4) is 0 Å². The van der Waals surface area contributed by atoms with E-state index in [2.05, 4.69) is 23.0 Å². The fraction of sp³-hybridized carbons (Fsp3) is 0.231. The molecular weight excluding hydrogens is 260 g/mol. The number of aromatic nitrogens is 2. The molecule has 1 N–H and O–H groups in total. The minimum atomic E-state index is -0.263. The zero-order valence-electron chi connectivity index (χ0n) is 10.7. The van der Waals surface area contributed by atoms with Gasteiger partial charge in [0.15, 0.2) is 0 Å². The topological polar surface area (TPSA) is 50.2 Å². The third kappa shape index (κ3) is 1.98. The number of thiol groups is 1. The highest BCUT2D eigenvalue weighted by molar-refractivity contribution is 7.80. The molecule has 98 valence electrons. The van der Waals surface area contributed by atoms with Crippen molar-refractivity contribution in [3.8, 4) is 0 Å². The average Bonchev–Trinajstić information content (AvgIpc) is 2.87. The van der Waals surface area contributed by atoms with Gasteiger partial charge in [-0.2, -0.15) is 5.10 Å². The maximum Gasteiger partial charge on any atom is 0.272 e. The smallest absolute Gasteiger partial charge is 0.272 e. The van der Waals surface area contributed by atoms with Gasteiger partial charge in [0.2, 0.25) is 0 Å². The summed E-state index contributed by atoms with van der Waals surface area (Å²) >= 11 is 4.27. The summed E-state index contributed by atoms with van der Waals surface area (Å²) in [5.41, 5.74) is 2.33. The van der Waals surface area contributed by atoms with Gasteiger partial charge >= 0.3 is 0 Å². The number of benzene rings is 1. The first-order chi connectivity index (χ1) is 9.06. The van der Waals surface area contributed by atoms with Crippen LogP contribution in [0.2, 0.25) is 0 Å². The molecule has 1 aromatic carbocycles. The first-order valence-corrected chi connectivity index (χ1v) is 6.43. The van der Waals surface area contributed by atoms with Crippen LogP contribution >= 0.6 is 12.6 Å². The van der Waals surface area contributed by atoms with Gasteiger partial charge in [0.05, 0.1) is 11.7 Å². The molecule has 0 bridgehead atoms. The van der Waals surface area contributed by atoms with Crippen LogP contribution in [0.25, 0.3) is 17.0 Å². The molecule has 1 unspecified atom stereocenters. The Labute approximate surface area is 116 Å². The number of hydrogen-bond donors (Lipinski definition) is 2. The Morgan fingerprint density at radius 3 is 2.89 bits per heavy atom. The predicted octanol–water partition coefficient (Wildman–Crippen LogP) is 1.19. The van der Waals surface area contributed by atoms with Crippen LogP contribution in [0, 0.1) is 0 Å². The quantitative estimate of drug-likeness (QED) is 0.606. The Kier molecular flexibility index (Phi) is 2.74. The lowest BCUT2D eigenvalue weighted by molar-refractivity contribution is -0.123. The van der Waals surface area contributed by atoms with Gasteiger partial charge in [0.25, 0.3) is 5.91 Å². The van der Waals surface area contributed by atoms with Crippen molar-refractivity contribution in [1.29, 1.82) is 0 Å². The molecule has 0 aliphatic carbocycles. The van der Waals surface area contributed by atoms with E-state index in [0.29, 0.717) is 5.70 Å². The van der Waals surface area contributed by atoms with Gasteiger partial charge in [0, 0.05) is 19.5 Å². The molecule has 1 aliphatic rings. The molecule has 2 aromatic rings. The molecule has 1 atom stereocenters. The van der Waals surface area contributed by atoms with Gasteiger partial charge in [0.1, 0.15) is 11.2 Å². The zero-order valence-corrected chi connectivity index (χ0v) is 11.6. The van der Waals surface area contributed by atoms with E-state index < -0.39 is 0 Å². The van der Waals surface area contributed by atoms with Crippen molar-refractivity contribution in [3.63, 3.8) is 0 Å². The van der Waals surface area contributed by atoms with Gasteiger partial charge < -0.3 is 10.2 Å². The second-order valence-electron chi connectivity index (χ2n) is 4.58. The van der Waals surface area contributed by atoms with Crippen molar-refractivity contribution < 1.29 is 4.79 Å². The molecule has 5 nitrogen and oxygen atoms in total. The minimum Gasteiger partial charge on any atom is -0.352 e. The lowest BCUT2D eigenvalue weighted by atomic mass is 10.1. The third-order valence-electron chi connectivity index (χ3n) is 3.28. The molecule has 19 heavy (non-hydrogen) atoms. The monoisotopic (exact) mass is 274 g/mol. The first-order valence-electron chi connectivity index (χ1n) is 5.91. The van der Waals surface area contributed by atoms with E-state index in [4.69, 9.17) is 0 Å². The van der Waals surface area contributed by atoms with Crippen LogP contribution in [0.1, 0.15) is 5.56 Å². The fourth-order valence-electron chi connectivity index (χ4n) is 2.14. The summed E-state index contributed by atoms with van der Waals surface area (Å²) < 4.78 is 1.82. The first kappa shape index (κ1) is 12.1. The van der Waals surface area contributed by atoms with Crippen molar-refractivity contribution in [2.45, 2.75) is 5.50 Å². The summed E-state index contributed by atoms with van der Waals surface area (Å²) in [6.07, 6.45) is 3.65. The van der Waals surface area contributed by atoms with Crippen molar-refractivity contribution in [1.82, 2.24) is 20.0 Å². The van der Waals surface area contributed by atoms with Crippen molar-refractivity contribution in [2.75, 3.05) is 7.05 Å². The number of likely N-dealkylation sites (N-methyl/N-ethyl adjacent to an activating group) is 1. The summed E-state index contributed by atoms with van der Waals surface area (Å²) in [4.78, 5) is 13.5. The molecule has 1 aromatic heterocycles. The van der Waals surface area contributed by atoms with Crippen LogP contribution in [0.15, 0.2) is 30.1 Å². The van der Waals surface area contributed by atoms with E-state index >= 15 is 0 Å². The lowest BCUT2D eigenvalue weighted by Crippen LogP contribution is -2.28. The van der Waals surface area contributed by atoms with Crippen LogP contribution < -0.4 is 5.32 Å². The molecule has 2 heterocycles. The standard InChI is InChI=1S/C13H14N4OS/c1-16-12(18)10(15-13(16)19)6-8-3-4-11-9(5-8)7-14-17(11)2/h3-7,13,15,19H,1-2H3/b10-6-. The molecule has 0 spiro atoms. The maximum absolute atomic E-state index is 11.9. The summed E-state index contributed by atoms with van der Waals surface area (Å²) in [6, 6.07) is 5.98. The molecule has 3 rings (SSSR count). The molecule has 1 aliphatic heterocycles. The Morgan fingerprint density at radius 2 is 2.21 bits per heavy atom. The van der Waals surface area contributed by atoms with Crippen molar-refractivity contribution in [3.05, 3.63) is 35.7 Å². The molecule has 1 amide bonds. The van der Waals surface area contributed by atoms with E-state index in [1.807, 2.05) is 42.2 Å². The van der Waals surface area contributed by atoms with E-state index in [9.17, 15) is 4.79 Å². The lowest BCUT2D eigenvalue weighted by Gasteiger charge is -2.11. The summed E-state index contributed by atoms with van der Waals surface area (Å²) in [5.74, 6) is -0.0497. The van der Waals surface area contributed by atoms with Crippen molar-refractivity contribution in [2.24, 2.45) is 7.05 Å². The Morgan fingerprint density at radius 1 is 1.42 bits per heavy atom.